The van der Waals surface area contributed by atoms with E-state index < -0.39 is 5.56 Å². The monoisotopic (exact) mass is 374 g/mol. The summed E-state index contributed by atoms with van der Waals surface area (Å²) in [4.78, 5) is 38.6. The van der Waals surface area contributed by atoms with E-state index in [9.17, 15) is 9.59 Å². The van der Waals surface area contributed by atoms with Crippen LogP contribution in [0.2, 0.25) is 0 Å². The molecule has 0 radical (unpaired) electrons. The standard InChI is InChI=1S/C22H22N4O2/c27-21-19(13-24-20(25-21)18-10-5-11-23-12-18)22(28)26(15-17-8-4-9-17)14-16-6-2-1-3-7-16/h1-3,5-7,10-13,17H,4,8-9,14-15H2,(H,24,25,27). The Morgan fingerprint density at radius 1 is 1.11 bits per heavy atom. The molecule has 28 heavy (non-hydrogen) atoms. The maximum Gasteiger partial charge on any atom is 0.264 e. The van der Waals surface area contributed by atoms with Crippen LogP contribution in [0, 0.1) is 5.92 Å². The van der Waals surface area contributed by atoms with Crippen molar-refractivity contribution < 1.29 is 4.79 Å². The normalized spacial score (nSPS) is 13.7. The number of H-pyrrole nitrogens is 1. The molecule has 2 heterocycles. The number of rotatable bonds is 6. The summed E-state index contributed by atoms with van der Waals surface area (Å²) in [6.07, 6.45) is 8.13. The summed E-state index contributed by atoms with van der Waals surface area (Å²) in [5, 5.41) is 0. The highest BCUT2D eigenvalue weighted by Gasteiger charge is 2.26. The summed E-state index contributed by atoms with van der Waals surface area (Å²) in [6.45, 7) is 1.15. The second-order valence-electron chi connectivity index (χ2n) is 7.18. The largest absolute Gasteiger partial charge is 0.334 e. The number of hydrogen-bond donors (Lipinski definition) is 1. The van der Waals surface area contributed by atoms with Crippen molar-refractivity contribution in [2.24, 2.45) is 5.92 Å². The van der Waals surface area contributed by atoms with Gasteiger partial charge in [-0.1, -0.05) is 36.8 Å². The minimum absolute atomic E-state index is 0.0721. The lowest BCUT2D eigenvalue weighted by Gasteiger charge is -2.32. The second kappa shape index (κ2) is 8.17. The zero-order chi connectivity index (χ0) is 19.3. The third-order valence-corrected chi connectivity index (χ3v) is 5.17. The number of aromatic nitrogens is 3. The van der Waals surface area contributed by atoms with Crippen LogP contribution in [0.15, 0.2) is 65.8 Å². The molecule has 1 aliphatic carbocycles. The van der Waals surface area contributed by atoms with E-state index >= 15 is 0 Å². The number of amides is 1. The van der Waals surface area contributed by atoms with Gasteiger partial charge in [0.15, 0.2) is 0 Å². The van der Waals surface area contributed by atoms with E-state index in [0.29, 0.717) is 30.4 Å². The SMILES string of the molecule is O=C(c1cnc(-c2cccnc2)[nH]c1=O)N(Cc1ccccc1)CC1CCC1. The number of aromatic amines is 1. The molecule has 3 aromatic rings. The van der Waals surface area contributed by atoms with Crippen LogP contribution < -0.4 is 5.56 Å². The summed E-state index contributed by atoms with van der Waals surface area (Å²) in [5.74, 6) is 0.639. The number of carbonyl (C=O) groups is 1. The van der Waals surface area contributed by atoms with Crippen molar-refractivity contribution in [3.05, 3.63) is 82.5 Å². The van der Waals surface area contributed by atoms with Crippen LogP contribution in [-0.2, 0) is 6.54 Å². The van der Waals surface area contributed by atoms with Crippen LogP contribution in [0.3, 0.4) is 0 Å². The summed E-state index contributed by atoms with van der Waals surface area (Å²) in [6, 6.07) is 13.4. The molecule has 2 aromatic heterocycles. The Bertz CT molecular complexity index is 998. The van der Waals surface area contributed by atoms with Gasteiger partial charge in [0, 0.05) is 37.2 Å². The molecule has 0 unspecified atom stereocenters. The lowest BCUT2D eigenvalue weighted by molar-refractivity contribution is 0.0677. The van der Waals surface area contributed by atoms with Crippen LogP contribution in [0.25, 0.3) is 11.4 Å². The fourth-order valence-electron chi connectivity index (χ4n) is 3.38. The van der Waals surface area contributed by atoms with Crippen LogP contribution in [0.4, 0.5) is 0 Å². The van der Waals surface area contributed by atoms with Crippen molar-refractivity contribution in [2.75, 3.05) is 6.54 Å². The van der Waals surface area contributed by atoms with Gasteiger partial charge in [-0.3, -0.25) is 14.6 Å². The van der Waals surface area contributed by atoms with Gasteiger partial charge in [-0.05, 0) is 36.5 Å². The van der Waals surface area contributed by atoms with Crippen molar-refractivity contribution in [3.8, 4) is 11.4 Å². The Morgan fingerprint density at radius 3 is 2.57 bits per heavy atom. The maximum absolute atomic E-state index is 13.1. The predicted molar refractivity (Wildman–Crippen MR) is 107 cm³/mol. The molecule has 1 aromatic carbocycles. The van der Waals surface area contributed by atoms with Crippen molar-refractivity contribution >= 4 is 5.91 Å². The topological polar surface area (TPSA) is 79.0 Å². The van der Waals surface area contributed by atoms with E-state index in [1.54, 1.807) is 23.4 Å². The molecule has 0 bridgehead atoms. The fraction of sp³-hybridized carbons (Fsp3) is 0.273. The highest BCUT2D eigenvalue weighted by Crippen LogP contribution is 2.28. The van der Waals surface area contributed by atoms with E-state index in [1.165, 1.54) is 12.6 Å². The number of nitrogens with one attached hydrogen (secondary N) is 1. The molecule has 1 amide bonds. The smallest absolute Gasteiger partial charge is 0.264 e. The molecule has 1 fully saturated rings. The first-order valence-electron chi connectivity index (χ1n) is 9.53. The van der Waals surface area contributed by atoms with Crippen LogP contribution in [0.1, 0.15) is 35.2 Å². The minimum Gasteiger partial charge on any atom is -0.334 e. The van der Waals surface area contributed by atoms with Crippen molar-refractivity contribution in [2.45, 2.75) is 25.8 Å². The van der Waals surface area contributed by atoms with Gasteiger partial charge in [0.25, 0.3) is 11.5 Å². The van der Waals surface area contributed by atoms with E-state index in [0.717, 1.165) is 18.4 Å². The molecule has 1 saturated carbocycles. The third-order valence-electron chi connectivity index (χ3n) is 5.17. The fourth-order valence-corrected chi connectivity index (χ4v) is 3.38. The third kappa shape index (κ3) is 4.01. The van der Waals surface area contributed by atoms with E-state index in [4.69, 9.17) is 0 Å². The first-order valence-corrected chi connectivity index (χ1v) is 9.53. The zero-order valence-corrected chi connectivity index (χ0v) is 15.5. The maximum atomic E-state index is 13.1. The number of pyridine rings is 1. The van der Waals surface area contributed by atoms with Gasteiger partial charge in [-0.2, -0.15) is 0 Å². The Kier molecular flexibility index (Phi) is 5.28. The van der Waals surface area contributed by atoms with Crippen LogP contribution >= 0.6 is 0 Å². The highest BCUT2D eigenvalue weighted by atomic mass is 16.2. The molecule has 1 aliphatic rings. The minimum atomic E-state index is -0.425. The molecule has 4 rings (SSSR count). The van der Waals surface area contributed by atoms with Gasteiger partial charge in [0.2, 0.25) is 0 Å². The lowest BCUT2D eigenvalue weighted by atomic mass is 9.85. The van der Waals surface area contributed by atoms with Crippen LogP contribution in [-0.4, -0.2) is 32.3 Å². The number of nitrogens with zero attached hydrogens (tertiary/aromatic N) is 3. The lowest BCUT2D eigenvalue weighted by Crippen LogP contribution is -2.39. The first-order chi connectivity index (χ1) is 13.7. The van der Waals surface area contributed by atoms with Gasteiger partial charge in [-0.15, -0.1) is 0 Å². The van der Waals surface area contributed by atoms with Gasteiger partial charge < -0.3 is 9.88 Å². The summed E-state index contributed by atoms with van der Waals surface area (Å²) in [5.41, 5.74) is 1.40. The Labute approximate surface area is 163 Å². The molecule has 6 heteroatoms. The van der Waals surface area contributed by atoms with Gasteiger partial charge in [0.05, 0.1) is 0 Å². The average molecular weight is 374 g/mol. The molecular weight excluding hydrogens is 352 g/mol. The molecule has 1 N–H and O–H groups in total. The van der Waals surface area contributed by atoms with Gasteiger partial charge in [0.1, 0.15) is 11.4 Å². The van der Waals surface area contributed by atoms with E-state index in [2.05, 4.69) is 15.0 Å². The quantitative estimate of drug-likeness (QED) is 0.718. The van der Waals surface area contributed by atoms with Gasteiger partial charge >= 0.3 is 0 Å². The molecule has 142 valence electrons. The number of hydrogen-bond acceptors (Lipinski definition) is 4. The molecular formula is C22H22N4O2. The Balaban J connectivity index is 1.59. The molecule has 0 saturated heterocycles. The zero-order valence-electron chi connectivity index (χ0n) is 15.5. The second-order valence-corrected chi connectivity index (χ2v) is 7.18. The van der Waals surface area contributed by atoms with Crippen molar-refractivity contribution in [1.29, 1.82) is 0 Å². The van der Waals surface area contributed by atoms with Crippen molar-refractivity contribution in [1.82, 2.24) is 19.9 Å². The van der Waals surface area contributed by atoms with Crippen LogP contribution in [0.5, 0.6) is 0 Å². The molecule has 0 atom stereocenters. The Morgan fingerprint density at radius 2 is 1.93 bits per heavy atom. The molecule has 6 nitrogen and oxygen atoms in total. The summed E-state index contributed by atoms with van der Waals surface area (Å²) >= 11 is 0. The van der Waals surface area contributed by atoms with Crippen molar-refractivity contribution in [3.63, 3.8) is 0 Å². The molecule has 0 spiro atoms. The highest BCUT2D eigenvalue weighted by molar-refractivity contribution is 5.93. The molecule has 0 aliphatic heterocycles. The van der Waals surface area contributed by atoms with Gasteiger partial charge in [-0.25, -0.2) is 4.98 Å². The Hall–Kier alpha value is -3.28. The summed E-state index contributed by atoms with van der Waals surface area (Å²) in [7, 11) is 0. The van der Waals surface area contributed by atoms with E-state index in [-0.39, 0.29) is 11.5 Å². The average Bonchev–Trinajstić information content (AvgIpc) is 2.70. The van der Waals surface area contributed by atoms with E-state index in [1.807, 2.05) is 36.4 Å². The number of benzene rings is 1. The summed E-state index contributed by atoms with van der Waals surface area (Å²) < 4.78 is 0. The number of carbonyl (C=O) groups excluding carboxylic acids is 1. The predicted octanol–water partition coefficient (Wildman–Crippen LogP) is 3.27. The first kappa shape index (κ1) is 18.1.